The highest BCUT2D eigenvalue weighted by atomic mass is 35.5. The van der Waals surface area contributed by atoms with Crippen molar-refractivity contribution in [1.29, 1.82) is 0 Å². The van der Waals surface area contributed by atoms with Crippen LogP contribution >= 0.6 is 35.0 Å². The Kier molecular flexibility index (Phi) is 4.92. The van der Waals surface area contributed by atoms with Crippen molar-refractivity contribution in [2.45, 2.75) is 74.6 Å². The summed E-state index contributed by atoms with van der Waals surface area (Å²) in [5.74, 6) is -0.591. The fourth-order valence-electron chi connectivity index (χ4n) is 4.91. The Hall–Kier alpha value is -0.0100. The lowest BCUT2D eigenvalue weighted by molar-refractivity contribution is -0.321. The third-order valence-corrected chi connectivity index (χ3v) is 10.7. The van der Waals surface area contributed by atoms with Crippen LogP contribution in [0.25, 0.3) is 0 Å². The Balaban J connectivity index is 1.68. The summed E-state index contributed by atoms with van der Waals surface area (Å²) in [7, 11) is 0. The van der Waals surface area contributed by atoms with Crippen LogP contribution in [0.1, 0.15) is 47.1 Å². The van der Waals surface area contributed by atoms with Gasteiger partial charge in [0.15, 0.2) is 10.7 Å². The van der Waals surface area contributed by atoms with Crippen LogP contribution in [-0.4, -0.2) is 38.2 Å². The number of alkyl halides is 2. The first kappa shape index (κ1) is 21.2. The second kappa shape index (κ2) is 6.49. The SMILES string of the molecule is CC1(C)OC[C@H]([C@H]2SC3(ON2Cc2ccccc2)C(C)(C)C(Cl)(Cl)C3(C)C)O1. The third-order valence-electron chi connectivity index (χ3n) is 6.56. The fraction of sp³-hybridized carbons (Fsp3) is 0.714. The fourth-order valence-corrected chi connectivity index (χ4v) is 7.56. The molecule has 4 nitrogen and oxygen atoms in total. The van der Waals surface area contributed by atoms with Gasteiger partial charge in [0.1, 0.15) is 15.8 Å². The summed E-state index contributed by atoms with van der Waals surface area (Å²) in [4.78, 5) is 6.18. The van der Waals surface area contributed by atoms with E-state index < -0.39 is 25.9 Å². The lowest BCUT2D eigenvalue weighted by Gasteiger charge is -2.70. The Labute approximate surface area is 182 Å². The monoisotopic (exact) mass is 445 g/mol. The number of hydrogen-bond acceptors (Lipinski definition) is 5. The van der Waals surface area contributed by atoms with E-state index >= 15 is 0 Å². The maximum Gasteiger partial charge on any atom is 0.163 e. The molecule has 1 aliphatic carbocycles. The van der Waals surface area contributed by atoms with Crippen LogP contribution in [0.4, 0.5) is 0 Å². The first-order chi connectivity index (χ1) is 12.8. The van der Waals surface area contributed by atoms with E-state index in [4.69, 9.17) is 37.5 Å². The topological polar surface area (TPSA) is 30.9 Å². The first-order valence-electron chi connectivity index (χ1n) is 9.72. The zero-order valence-electron chi connectivity index (χ0n) is 17.3. The number of benzene rings is 1. The summed E-state index contributed by atoms with van der Waals surface area (Å²) in [6.07, 6.45) is -0.102. The summed E-state index contributed by atoms with van der Waals surface area (Å²) < 4.78 is 11.2. The lowest BCUT2D eigenvalue weighted by atomic mass is 9.51. The van der Waals surface area contributed by atoms with Crippen molar-refractivity contribution in [2.24, 2.45) is 10.8 Å². The molecule has 4 rings (SSSR count). The van der Waals surface area contributed by atoms with Crippen LogP contribution in [0.15, 0.2) is 30.3 Å². The van der Waals surface area contributed by atoms with E-state index in [-0.39, 0.29) is 11.5 Å². The van der Waals surface area contributed by atoms with E-state index in [1.807, 2.05) is 37.1 Å². The Morgan fingerprint density at radius 2 is 1.64 bits per heavy atom. The lowest BCUT2D eigenvalue weighted by Crippen LogP contribution is -2.78. The summed E-state index contributed by atoms with van der Waals surface area (Å²) in [5.41, 5.74) is 0.285. The molecule has 2 saturated heterocycles. The molecule has 1 aromatic carbocycles. The number of rotatable bonds is 3. The number of halogens is 2. The molecule has 0 bridgehead atoms. The van der Waals surface area contributed by atoms with Crippen molar-refractivity contribution in [3.63, 3.8) is 0 Å². The van der Waals surface area contributed by atoms with Crippen molar-refractivity contribution in [3.05, 3.63) is 35.9 Å². The minimum Gasteiger partial charge on any atom is -0.348 e. The highest BCUT2D eigenvalue weighted by Crippen LogP contribution is 2.80. The molecule has 0 aromatic heterocycles. The van der Waals surface area contributed by atoms with Crippen LogP contribution in [0, 0.1) is 10.8 Å². The number of hydrogen-bond donors (Lipinski definition) is 0. The Morgan fingerprint density at radius 3 is 2.18 bits per heavy atom. The summed E-state index contributed by atoms with van der Waals surface area (Å²) in [6.45, 7) is 13.4. The van der Waals surface area contributed by atoms with Gasteiger partial charge < -0.3 is 9.47 Å². The molecule has 1 spiro atoms. The van der Waals surface area contributed by atoms with Crippen LogP contribution in [0.3, 0.4) is 0 Å². The summed E-state index contributed by atoms with van der Waals surface area (Å²) in [5, 5.41) is 2.02. The average Bonchev–Trinajstić information content (AvgIpc) is 3.17. The molecule has 2 atom stereocenters. The maximum absolute atomic E-state index is 6.82. The molecule has 0 radical (unpaired) electrons. The van der Waals surface area contributed by atoms with Gasteiger partial charge >= 0.3 is 0 Å². The van der Waals surface area contributed by atoms with Crippen molar-refractivity contribution >= 4 is 35.0 Å². The van der Waals surface area contributed by atoms with Gasteiger partial charge in [0.25, 0.3) is 0 Å². The highest BCUT2D eigenvalue weighted by Gasteiger charge is 2.84. The van der Waals surface area contributed by atoms with Gasteiger partial charge in [-0.05, 0) is 19.4 Å². The minimum atomic E-state index is -0.896. The number of ether oxygens (including phenoxy) is 2. The van der Waals surface area contributed by atoms with Gasteiger partial charge in [-0.3, -0.25) is 4.84 Å². The molecular weight excluding hydrogens is 417 g/mol. The van der Waals surface area contributed by atoms with Gasteiger partial charge in [-0.1, -0.05) is 69.8 Å². The van der Waals surface area contributed by atoms with Gasteiger partial charge in [-0.25, -0.2) is 0 Å². The molecule has 0 amide bonds. The smallest absolute Gasteiger partial charge is 0.163 e. The quantitative estimate of drug-likeness (QED) is 0.566. The average molecular weight is 446 g/mol. The van der Waals surface area contributed by atoms with Crippen LogP contribution in [0.5, 0.6) is 0 Å². The van der Waals surface area contributed by atoms with E-state index in [0.717, 1.165) is 0 Å². The van der Waals surface area contributed by atoms with Gasteiger partial charge in [0.2, 0.25) is 0 Å². The van der Waals surface area contributed by atoms with Crippen LogP contribution in [0.2, 0.25) is 0 Å². The number of thioether (sulfide) groups is 1. The van der Waals surface area contributed by atoms with Crippen molar-refractivity contribution < 1.29 is 14.3 Å². The standard InChI is InChI=1S/C21H29Cl2NO3S/c1-17(2)20(22,23)18(3,4)21(17)27-24(12-14-10-8-7-9-11-14)16(28-21)15-13-25-19(5,6)26-15/h7-11,15-16H,12-13H2,1-6H3/t15-,16-/m1/s1. The number of nitrogens with zero attached hydrogens (tertiary/aromatic N) is 1. The predicted molar refractivity (Wildman–Crippen MR) is 114 cm³/mol. The molecule has 7 heteroatoms. The van der Waals surface area contributed by atoms with E-state index in [1.54, 1.807) is 11.8 Å². The van der Waals surface area contributed by atoms with Crippen LogP contribution in [-0.2, 0) is 20.9 Å². The molecule has 28 heavy (non-hydrogen) atoms. The second-order valence-electron chi connectivity index (χ2n) is 9.47. The van der Waals surface area contributed by atoms with Gasteiger partial charge in [0.05, 0.1) is 13.2 Å². The van der Waals surface area contributed by atoms with E-state index in [0.29, 0.717) is 13.2 Å². The Bertz CT molecular complexity index is 735. The maximum atomic E-state index is 6.82. The van der Waals surface area contributed by atoms with Crippen LogP contribution < -0.4 is 0 Å². The van der Waals surface area contributed by atoms with E-state index in [9.17, 15) is 0 Å². The molecule has 3 aliphatic rings. The van der Waals surface area contributed by atoms with Gasteiger partial charge in [0, 0.05) is 10.8 Å². The molecule has 0 N–H and O–H groups in total. The highest BCUT2D eigenvalue weighted by molar-refractivity contribution is 8.01. The molecule has 156 valence electrons. The minimum absolute atomic E-state index is 0.0232. The van der Waals surface area contributed by atoms with E-state index in [2.05, 4.69) is 39.8 Å². The van der Waals surface area contributed by atoms with Gasteiger partial charge in [-0.15, -0.1) is 23.2 Å². The molecule has 1 aromatic rings. The predicted octanol–water partition coefficient (Wildman–Crippen LogP) is 5.58. The number of hydroxylamine groups is 2. The normalized spacial score (nSPS) is 34.4. The first-order valence-corrected chi connectivity index (χ1v) is 11.4. The second-order valence-corrected chi connectivity index (χ2v) is 12.1. The zero-order valence-corrected chi connectivity index (χ0v) is 19.6. The van der Waals surface area contributed by atoms with Gasteiger partial charge in [-0.2, -0.15) is 5.06 Å². The summed E-state index contributed by atoms with van der Waals surface area (Å²) >= 11 is 15.4. The van der Waals surface area contributed by atoms with Crippen molar-refractivity contribution in [3.8, 4) is 0 Å². The summed E-state index contributed by atoms with van der Waals surface area (Å²) in [6, 6.07) is 10.3. The zero-order chi connectivity index (χ0) is 20.6. The Morgan fingerprint density at radius 1 is 1.04 bits per heavy atom. The van der Waals surface area contributed by atoms with E-state index in [1.165, 1.54) is 5.56 Å². The third kappa shape index (κ3) is 2.74. The molecule has 3 fully saturated rings. The molecule has 2 heterocycles. The molecule has 1 saturated carbocycles. The molecule has 0 unspecified atom stereocenters. The molecule has 2 aliphatic heterocycles. The van der Waals surface area contributed by atoms with Crippen molar-refractivity contribution in [2.75, 3.05) is 6.61 Å². The van der Waals surface area contributed by atoms with Crippen molar-refractivity contribution in [1.82, 2.24) is 5.06 Å². The molecular formula is C21H29Cl2NO3S. The largest absolute Gasteiger partial charge is 0.348 e.